The molecular weight excluding hydrogens is 1020 g/mol. The van der Waals surface area contributed by atoms with Crippen molar-refractivity contribution in [3.8, 4) is 55.6 Å². The lowest BCUT2D eigenvalue weighted by molar-refractivity contribution is 0.646. The van der Waals surface area contributed by atoms with E-state index in [2.05, 4.69) is 182 Å². The van der Waals surface area contributed by atoms with Crippen molar-refractivity contribution in [1.82, 2.24) is 0 Å². The number of allylic oxidation sites excluding steroid dienone is 6. The third-order valence-electron chi connectivity index (χ3n) is 19.8. The van der Waals surface area contributed by atoms with Crippen LogP contribution >= 0.6 is 0 Å². The maximum absolute atomic E-state index is 6.72. The molecule has 406 valence electrons. The van der Waals surface area contributed by atoms with Crippen LogP contribution in [0, 0.1) is 0 Å². The van der Waals surface area contributed by atoms with Crippen molar-refractivity contribution in [3.63, 3.8) is 0 Å². The molecule has 4 aliphatic carbocycles. The summed E-state index contributed by atoms with van der Waals surface area (Å²) in [7, 11) is 0. The zero-order chi connectivity index (χ0) is 55.0. The standard InChI is InChI=1S/C40H30O2.C40H32O2/c1-3-11-25-23(7-1)9-5-13-27(25)29-15-19-33-37-31(29)17-21-35-39(37)40-36(41-33)22-18-32-30(16-20-34(42-35)38(32)40)28-14-6-10-24-8-2-4-12-26(24)28;1-2-4-6-11-26(12-7-5-3-1)29-16-20-33-37-31(29)18-22-35-39(37)40-36(41-33)23-19-32-30(17-21-34(42-35)38(32)40)28-15-14-25-10-8-9-13-27(25)24-28/h5-6,9-10,13-22H,1-4,7-8,11-12H2;4,6-7,11-12,14-24H,1-3,5,8-10,13H2/b;6-4+,12-7?,26-11?. The first-order chi connectivity index (χ1) is 41.7. The predicted octanol–water partition coefficient (Wildman–Crippen LogP) is 22.8. The first-order valence-corrected chi connectivity index (χ1v) is 31.2. The fraction of sp³-hybridized carbons (Fsp3) is 0.200. The Labute approximate surface area is 487 Å². The molecule has 0 bridgehead atoms. The third kappa shape index (κ3) is 7.45. The fourth-order valence-corrected chi connectivity index (χ4v) is 15.9. The molecule has 0 atom stereocenters. The van der Waals surface area contributed by atoms with E-state index < -0.39 is 0 Å². The maximum Gasteiger partial charge on any atom is 0.136 e. The van der Waals surface area contributed by atoms with Crippen LogP contribution in [0.4, 0.5) is 0 Å². The Morgan fingerprint density at radius 2 is 0.702 bits per heavy atom. The normalized spacial score (nSPS) is 16.2. The molecule has 8 aliphatic rings. The Morgan fingerprint density at radius 1 is 0.286 bits per heavy atom. The van der Waals surface area contributed by atoms with Gasteiger partial charge in [-0.15, -0.1) is 0 Å². The van der Waals surface area contributed by atoms with Gasteiger partial charge in [-0.05, 0) is 275 Å². The lowest BCUT2D eigenvalue weighted by Crippen LogP contribution is -2.05. The Morgan fingerprint density at radius 3 is 1.23 bits per heavy atom. The van der Waals surface area contributed by atoms with Crippen LogP contribution in [0.1, 0.15) is 103 Å². The van der Waals surface area contributed by atoms with Crippen LogP contribution < -0.4 is 0 Å². The van der Waals surface area contributed by atoms with Gasteiger partial charge in [0.05, 0.1) is 0 Å². The first-order valence-electron chi connectivity index (χ1n) is 31.2. The summed E-state index contributed by atoms with van der Waals surface area (Å²) in [5.74, 6) is 0. The van der Waals surface area contributed by atoms with Crippen molar-refractivity contribution in [1.29, 1.82) is 0 Å². The Bertz CT molecular complexity index is 4980. The lowest BCUT2D eigenvalue weighted by atomic mass is 9.82. The molecule has 11 aromatic carbocycles. The summed E-state index contributed by atoms with van der Waals surface area (Å²) >= 11 is 0. The van der Waals surface area contributed by atoms with Crippen LogP contribution in [0.25, 0.3) is 149 Å². The van der Waals surface area contributed by atoms with Crippen LogP contribution in [0.15, 0.2) is 200 Å². The highest BCUT2D eigenvalue weighted by Crippen LogP contribution is 2.53. The van der Waals surface area contributed by atoms with E-state index in [4.69, 9.17) is 17.7 Å². The van der Waals surface area contributed by atoms with Crippen molar-refractivity contribution in [2.24, 2.45) is 0 Å². The number of hydrogen-bond donors (Lipinski definition) is 0. The topological polar surface area (TPSA) is 52.6 Å². The zero-order valence-corrected chi connectivity index (χ0v) is 47.3. The van der Waals surface area contributed by atoms with Gasteiger partial charge in [0, 0.05) is 43.8 Å². The van der Waals surface area contributed by atoms with Gasteiger partial charge in [0.2, 0.25) is 0 Å². The minimum absolute atomic E-state index is 0.898. The summed E-state index contributed by atoms with van der Waals surface area (Å²) in [6.45, 7) is 0. The summed E-state index contributed by atoms with van der Waals surface area (Å²) < 4.78 is 26.8. The predicted molar refractivity (Wildman–Crippen MR) is 349 cm³/mol. The molecule has 0 aromatic heterocycles. The average molecular weight is 1090 g/mol. The van der Waals surface area contributed by atoms with Crippen molar-refractivity contribution in [2.45, 2.75) is 103 Å². The molecular formula is C80H62O4. The van der Waals surface area contributed by atoms with Crippen molar-refractivity contribution < 1.29 is 17.7 Å². The molecule has 4 heterocycles. The van der Waals surface area contributed by atoms with Gasteiger partial charge in [0.25, 0.3) is 0 Å². The highest BCUT2D eigenvalue weighted by molar-refractivity contribution is 6.28. The van der Waals surface area contributed by atoms with Crippen LogP contribution in [0.2, 0.25) is 0 Å². The van der Waals surface area contributed by atoms with Crippen molar-refractivity contribution in [2.75, 3.05) is 0 Å². The van der Waals surface area contributed by atoms with E-state index in [0.29, 0.717) is 0 Å². The van der Waals surface area contributed by atoms with E-state index in [-0.39, 0.29) is 0 Å². The summed E-state index contributed by atoms with van der Waals surface area (Å²) in [4.78, 5) is 0. The Balaban J connectivity index is 0.000000128. The number of hydrogen-bond acceptors (Lipinski definition) is 4. The molecule has 0 spiro atoms. The molecule has 0 saturated heterocycles. The number of fused-ring (bicyclic) bond motifs is 3. The van der Waals surface area contributed by atoms with Gasteiger partial charge in [-0.25, -0.2) is 0 Å². The molecule has 4 nitrogen and oxygen atoms in total. The van der Waals surface area contributed by atoms with Crippen LogP contribution in [0.5, 0.6) is 0 Å². The lowest BCUT2D eigenvalue weighted by Gasteiger charge is -2.24. The Kier molecular flexibility index (Phi) is 11.1. The highest BCUT2D eigenvalue weighted by atomic mass is 16.3. The van der Waals surface area contributed by atoms with Gasteiger partial charge in [0.1, 0.15) is 44.7 Å². The molecule has 0 radical (unpaired) electrons. The number of benzene rings is 11. The fourth-order valence-electron chi connectivity index (χ4n) is 15.9. The molecule has 84 heavy (non-hydrogen) atoms. The molecule has 0 amide bonds. The molecule has 19 rings (SSSR count). The molecule has 0 fully saturated rings. The highest BCUT2D eigenvalue weighted by Gasteiger charge is 2.30. The summed E-state index contributed by atoms with van der Waals surface area (Å²) in [6, 6.07) is 56.1. The molecule has 11 aromatic rings. The zero-order valence-electron chi connectivity index (χ0n) is 47.3. The average Bonchev–Trinajstić information content (AvgIpc) is 1.76. The van der Waals surface area contributed by atoms with Crippen LogP contribution in [-0.4, -0.2) is 0 Å². The number of aryl methyl sites for hydroxylation is 4. The van der Waals surface area contributed by atoms with E-state index in [0.717, 1.165) is 92.2 Å². The van der Waals surface area contributed by atoms with Gasteiger partial charge in [-0.1, -0.05) is 109 Å². The second-order valence-electron chi connectivity index (χ2n) is 24.5. The van der Waals surface area contributed by atoms with Crippen molar-refractivity contribution >= 4 is 93.3 Å². The van der Waals surface area contributed by atoms with Gasteiger partial charge >= 0.3 is 0 Å². The van der Waals surface area contributed by atoms with E-state index in [1.54, 1.807) is 0 Å². The number of rotatable bonds is 4. The summed E-state index contributed by atoms with van der Waals surface area (Å²) in [5, 5.41) is 9.55. The van der Waals surface area contributed by atoms with Gasteiger partial charge in [0.15, 0.2) is 0 Å². The first kappa shape index (κ1) is 48.4. The summed E-state index contributed by atoms with van der Waals surface area (Å²) in [5.41, 5.74) is 31.4. The van der Waals surface area contributed by atoms with Crippen LogP contribution in [-0.2, 0) is 38.5 Å². The quantitative estimate of drug-likeness (QED) is 0.130. The largest absolute Gasteiger partial charge is 0.456 e. The summed E-state index contributed by atoms with van der Waals surface area (Å²) in [6.07, 6.45) is 30.8. The van der Waals surface area contributed by atoms with Crippen LogP contribution in [0.3, 0.4) is 0 Å². The minimum atomic E-state index is 0.898. The molecule has 0 saturated carbocycles. The second-order valence-corrected chi connectivity index (χ2v) is 24.5. The van der Waals surface area contributed by atoms with E-state index in [9.17, 15) is 0 Å². The van der Waals surface area contributed by atoms with E-state index in [1.165, 1.54) is 198 Å². The van der Waals surface area contributed by atoms with Crippen molar-refractivity contribution in [3.05, 3.63) is 221 Å². The Hall–Kier alpha value is -9.12. The van der Waals surface area contributed by atoms with Gasteiger partial charge < -0.3 is 17.7 Å². The monoisotopic (exact) mass is 1090 g/mol. The second kappa shape index (κ2) is 19.2. The van der Waals surface area contributed by atoms with Gasteiger partial charge in [-0.2, -0.15) is 0 Å². The van der Waals surface area contributed by atoms with E-state index >= 15 is 0 Å². The molecule has 4 aliphatic heterocycles. The smallest absolute Gasteiger partial charge is 0.136 e. The third-order valence-corrected chi connectivity index (χ3v) is 19.8. The maximum atomic E-state index is 6.72. The SMILES string of the molecule is C1=CC(c2ccc3oc4ccc5c(-c6ccc7c(c6)CCCC7)ccc6oc7ccc2c3c7-c4c65)=C/C=C/CCCC1.c1cc2c(c(-c3ccc4oc5ccc6c(-c7cccc8c7CCCC8)ccc7oc8ccc3c4c8-c5c76)c1)CCCC2. The van der Waals surface area contributed by atoms with Gasteiger partial charge in [-0.3, -0.25) is 0 Å². The minimum Gasteiger partial charge on any atom is -0.456 e. The molecule has 4 heteroatoms. The molecule has 0 unspecified atom stereocenters. The molecule has 0 N–H and O–H groups in total. The van der Waals surface area contributed by atoms with E-state index in [1.807, 2.05) is 0 Å².